The molecule has 0 aliphatic carbocycles. The molecule has 0 saturated carbocycles. The molecule has 2 heterocycles. The number of fused-ring (bicyclic) bond motifs is 4. The third kappa shape index (κ3) is 3.77. The molecule has 0 aliphatic rings. The summed E-state index contributed by atoms with van der Waals surface area (Å²) in [5.74, 6) is 2.01. The van der Waals surface area contributed by atoms with E-state index >= 15 is 0 Å². The van der Waals surface area contributed by atoms with E-state index < -0.39 is 0 Å². The molecular formula is C31H18BrN3S. The monoisotopic (exact) mass is 543 g/mol. The van der Waals surface area contributed by atoms with E-state index in [2.05, 4.69) is 94.8 Å². The zero-order valence-electron chi connectivity index (χ0n) is 19.0. The molecule has 0 amide bonds. The number of nitrogens with zero attached hydrogens (tertiary/aromatic N) is 3. The fraction of sp³-hybridized carbons (Fsp3) is 0. The second-order valence-electron chi connectivity index (χ2n) is 8.69. The Kier molecular flexibility index (Phi) is 5.12. The van der Waals surface area contributed by atoms with E-state index in [-0.39, 0.29) is 0 Å². The molecule has 3 nitrogen and oxygen atoms in total. The highest BCUT2D eigenvalue weighted by molar-refractivity contribution is 9.10. The summed E-state index contributed by atoms with van der Waals surface area (Å²) in [5.41, 5.74) is 2.92. The van der Waals surface area contributed by atoms with Crippen molar-refractivity contribution < 1.29 is 0 Å². The Morgan fingerprint density at radius 3 is 1.92 bits per heavy atom. The highest BCUT2D eigenvalue weighted by Gasteiger charge is 2.14. The van der Waals surface area contributed by atoms with Crippen LogP contribution in [0.5, 0.6) is 0 Å². The molecule has 0 aliphatic heterocycles. The SMILES string of the molecule is Brc1ccc2cc(-c3nc(-c4ccccc4)nc(-c4ccc5sc6ccccc6c5c4)n3)ccc2c1. The number of benzene rings is 5. The van der Waals surface area contributed by atoms with Crippen molar-refractivity contribution in [1.82, 2.24) is 15.0 Å². The Bertz CT molecular complexity index is 1910. The highest BCUT2D eigenvalue weighted by Crippen LogP contribution is 2.36. The number of rotatable bonds is 3. The summed E-state index contributed by atoms with van der Waals surface area (Å²) in [7, 11) is 0. The molecule has 2 aromatic heterocycles. The lowest BCUT2D eigenvalue weighted by atomic mass is 10.1. The van der Waals surface area contributed by atoms with E-state index in [1.54, 1.807) is 0 Å². The zero-order chi connectivity index (χ0) is 24.1. The third-order valence-corrected chi connectivity index (χ3v) is 8.01. The van der Waals surface area contributed by atoms with Gasteiger partial charge in [-0.05, 0) is 53.2 Å². The van der Waals surface area contributed by atoms with Gasteiger partial charge in [0.05, 0.1) is 0 Å². The van der Waals surface area contributed by atoms with Gasteiger partial charge in [-0.2, -0.15) is 0 Å². The molecule has 0 atom stereocenters. The van der Waals surface area contributed by atoms with Gasteiger partial charge in [-0.3, -0.25) is 0 Å². The fourth-order valence-electron chi connectivity index (χ4n) is 4.57. The van der Waals surface area contributed by atoms with Crippen molar-refractivity contribution in [2.24, 2.45) is 0 Å². The summed E-state index contributed by atoms with van der Waals surface area (Å²) in [4.78, 5) is 14.8. The molecule has 170 valence electrons. The van der Waals surface area contributed by atoms with Crippen molar-refractivity contribution in [1.29, 1.82) is 0 Å². The quantitative estimate of drug-likeness (QED) is 0.223. The number of hydrogen-bond donors (Lipinski definition) is 0. The van der Waals surface area contributed by atoms with Crippen LogP contribution in [0.2, 0.25) is 0 Å². The molecule has 0 bridgehead atoms. The molecular weight excluding hydrogens is 526 g/mol. The molecule has 5 aromatic carbocycles. The van der Waals surface area contributed by atoms with Gasteiger partial charge >= 0.3 is 0 Å². The van der Waals surface area contributed by atoms with Gasteiger partial charge in [-0.25, -0.2) is 15.0 Å². The Balaban J connectivity index is 1.44. The topological polar surface area (TPSA) is 38.7 Å². The fourth-order valence-corrected chi connectivity index (χ4v) is 6.04. The summed E-state index contributed by atoms with van der Waals surface area (Å²) >= 11 is 5.37. The van der Waals surface area contributed by atoms with Crippen LogP contribution in [-0.2, 0) is 0 Å². The van der Waals surface area contributed by atoms with Gasteiger partial charge in [0.25, 0.3) is 0 Å². The van der Waals surface area contributed by atoms with Gasteiger partial charge < -0.3 is 0 Å². The summed E-state index contributed by atoms with van der Waals surface area (Å²) in [6.45, 7) is 0. The molecule has 0 N–H and O–H groups in total. The van der Waals surface area contributed by atoms with E-state index in [0.717, 1.165) is 26.5 Å². The van der Waals surface area contributed by atoms with Gasteiger partial charge in [0.2, 0.25) is 0 Å². The van der Waals surface area contributed by atoms with Crippen molar-refractivity contribution in [2.45, 2.75) is 0 Å². The molecule has 7 rings (SSSR count). The van der Waals surface area contributed by atoms with Crippen LogP contribution in [0, 0.1) is 0 Å². The maximum atomic E-state index is 4.97. The van der Waals surface area contributed by atoms with Crippen molar-refractivity contribution in [3.8, 4) is 34.2 Å². The molecule has 7 aromatic rings. The maximum absolute atomic E-state index is 4.97. The Morgan fingerprint density at radius 1 is 0.472 bits per heavy atom. The molecule has 0 radical (unpaired) electrons. The average molecular weight is 544 g/mol. The first-order valence-electron chi connectivity index (χ1n) is 11.6. The minimum absolute atomic E-state index is 0.666. The van der Waals surface area contributed by atoms with Crippen LogP contribution >= 0.6 is 27.3 Å². The number of halogens is 1. The van der Waals surface area contributed by atoms with E-state index in [0.29, 0.717) is 17.5 Å². The molecule has 0 fully saturated rings. The van der Waals surface area contributed by atoms with Crippen LogP contribution in [0.15, 0.2) is 114 Å². The first-order chi connectivity index (χ1) is 17.7. The smallest absolute Gasteiger partial charge is 0.164 e. The van der Waals surface area contributed by atoms with E-state index in [1.807, 2.05) is 41.7 Å². The second kappa shape index (κ2) is 8.63. The predicted octanol–water partition coefficient (Wildman–Crippen LogP) is 9.16. The molecule has 0 unspecified atom stereocenters. The van der Waals surface area contributed by atoms with Crippen molar-refractivity contribution >= 4 is 58.2 Å². The van der Waals surface area contributed by atoms with Gasteiger partial charge in [0.15, 0.2) is 17.5 Å². The largest absolute Gasteiger partial charge is 0.208 e. The van der Waals surface area contributed by atoms with Gasteiger partial charge in [0, 0.05) is 41.3 Å². The average Bonchev–Trinajstić information content (AvgIpc) is 3.31. The third-order valence-electron chi connectivity index (χ3n) is 6.36. The zero-order valence-corrected chi connectivity index (χ0v) is 21.4. The molecule has 0 spiro atoms. The lowest BCUT2D eigenvalue weighted by Crippen LogP contribution is -2.00. The van der Waals surface area contributed by atoms with E-state index in [4.69, 9.17) is 15.0 Å². The number of aromatic nitrogens is 3. The van der Waals surface area contributed by atoms with E-state index in [1.165, 1.54) is 25.6 Å². The first-order valence-corrected chi connectivity index (χ1v) is 13.3. The lowest BCUT2D eigenvalue weighted by molar-refractivity contribution is 1.08. The minimum Gasteiger partial charge on any atom is -0.208 e. The lowest BCUT2D eigenvalue weighted by Gasteiger charge is -2.09. The number of hydrogen-bond acceptors (Lipinski definition) is 4. The van der Waals surface area contributed by atoms with Crippen LogP contribution in [-0.4, -0.2) is 15.0 Å². The Morgan fingerprint density at radius 2 is 1.08 bits per heavy atom. The number of thiophene rings is 1. The second-order valence-corrected chi connectivity index (χ2v) is 10.7. The van der Waals surface area contributed by atoms with Crippen LogP contribution < -0.4 is 0 Å². The van der Waals surface area contributed by atoms with Crippen LogP contribution in [0.4, 0.5) is 0 Å². The molecule has 0 saturated heterocycles. The highest BCUT2D eigenvalue weighted by atomic mass is 79.9. The minimum atomic E-state index is 0.666. The first kappa shape index (κ1) is 21.4. The summed E-state index contributed by atoms with van der Waals surface area (Å²) in [6.07, 6.45) is 0. The molecule has 36 heavy (non-hydrogen) atoms. The van der Waals surface area contributed by atoms with Crippen molar-refractivity contribution in [2.75, 3.05) is 0 Å². The van der Waals surface area contributed by atoms with Crippen LogP contribution in [0.3, 0.4) is 0 Å². The molecule has 5 heteroatoms. The maximum Gasteiger partial charge on any atom is 0.164 e. The summed E-state index contributed by atoms with van der Waals surface area (Å²) in [6, 6.07) is 37.8. The van der Waals surface area contributed by atoms with Gasteiger partial charge in [0.1, 0.15) is 0 Å². The normalized spacial score (nSPS) is 11.5. The predicted molar refractivity (Wildman–Crippen MR) is 154 cm³/mol. The van der Waals surface area contributed by atoms with Crippen LogP contribution in [0.1, 0.15) is 0 Å². The van der Waals surface area contributed by atoms with Crippen molar-refractivity contribution in [3.05, 3.63) is 114 Å². The Hall–Kier alpha value is -3.93. The van der Waals surface area contributed by atoms with E-state index in [9.17, 15) is 0 Å². The summed E-state index contributed by atoms with van der Waals surface area (Å²) < 4.78 is 3.61. The summed E-state index contributed by atoms with van der Waals surface area (Å²) in [5, 5.41) is 4.80. The van der Waals surface area contributed by atoms with Gasteiger partial charge in [-0.1, -0.05) is 82.7 Å². The van der Waals surface area contributed by atoms with Crippen molar-refractivity contribution in [3.63, 3.8) is 0 Å². The Labute approximate surface area is 220 Å². The van der Waals surface area contributed by atoms with Gasteiger partial charge in [-0.15, -0.1) is 11.3 Å². The van der Waals surface area contributed by atoms with Crippen LogP contribution in [0.25, 0.3) is 65.1 Å². The standard InChI is InChI=1S/C31H18BrN3S/c32-24-14-12-20-16-22(11-10-21(20)17-24)30-33-29(19-6-2-1-3-7-19)34-31(35-30)23-13-15-28-26(18-23)25-8-4-5-9-27(25)36-28/h1-18H.